The molecule has 0 aliphatic carbocycles. The molecule has 14 heavy (non-hydrogen) atoms. The fraction of sp³-hybridized carbons (Fsp3) is 0.889. The Hall–Kier alpha value is -0.420. The van der Waals surface area contributed by atoms with Crippen molar-refractivity contribution in [2.24, 2.45) is 11.7 Å². The van der Waals surface area contributed by atoms with E-state index in [0.717, 1.165) is 12.7 Å². The van der Waals surface area contributed by atoms with E-state index >= 15 is 0 Å². The fourth-order valence-corrected chi connectivity index (χ4v) is 1.73. The van der Waals surface area contributed by atoms with Crippen molar-refractivity contribution in [3.63, 3.8) is 0 Å². The molecule has 0 saturated carbocycles. The van der Waals surface area contributed by atoms with Gasteiger partial charge in [-0.15, -0.1) is 0 Å². The van der Waals surface area contributed by atoms with Gasteiger partial charge in [-0.3, -0.25) is 4.79 Å². The number of carbonyl (C=O) groups is 1. The second-order valence-electron chi connectivity index (χ2n) is 3.74. The van der Waals surface area contributed by atoms with Crippen molar-refractivity contribution in [1.82, 2.24) is 0 Å². The maximum atomic E-state index is 11.5. The van der Waals surface area contributed by atoms with Crippen molar-refractivity contribution in [1.29, 1.82) is 0 Å². The summed E-state index contributed by atoms with van der Waals surface area (Å²) in [5.41, 5.74) is 5.59. The maximum Gasteiger partial charge on any atom is 0.152 e. The summed E-state index contributed by atoms with van der Waals surface area (Å²) in [4.78, 5) is 11.5. The Bertz CT molecular complexity index is 284. The Balaban J connectivity index is 4.09. The van der Waals surface area contributed by atoms with E-state index < -0.39 is 15.9 Å². The Morgan fingerprint density at radius 2 is 1.93 bits per heavy atom. The summed E-state index contributed by atoms with van der Waals surface area (Å²) < 4.78 is 21.7. The second-order valence-corrected chi connectivity index (χ2v) is 6.00. The fourth-order valence-electron chi connectivity index (χ4n) is 1.05. The van der Waals surface area contributed by atoms with E-state index in [1.165, 1.54) is 0 Å². The quantitative estimate of drug-likeness (QED) is 0.702. The summed E-state index contributed by atoms with van der Waals surface area (Å²) in [5.74, 6) is -0.142. The molecule has 0 aromatic carbocycles. The van der Waals surface area contributed by atoms with Gasteiger partial charge in [0.25, 0.3) is 0 Å². The monoisotopic (exact) mass is 221 g/mol. The van der Waals surface area contributed by atoms with E-state index in [2.05, 4.69) is 0 Å². The smallest absolute Gasteiger partial charge is 0.152 e. The summed E-state index contributed by atoms with van der Waals surface area (Å²) in [6.45, 7) is 3.72. The minimum atomic E-state index is -3.02. The van der Waals surface area contributed by atoms with Gasteiger partial charge in [-0.2, -0.15) is 0 Å². The lowest BCUT2D eigenvalue weighted by Crippen LogP contribution is -2.36. The Morgan fingerprint density at radius 1 is 1.43 bits per heavy atom. The van der Waals surface area contributed by atoms with Gasteiger partial charge in [-0.1, -0.05) is 13.8 Å². The van der Waals surface area contributed by atoms with Crippen LogP contribution in [0.5, 0.6) is 0 Å². The predicted octanol–water partition coefficient (Wildman–Crippen LogP) is 0.364. The highest BCUT2D eigenvalue weighted by Crippen LogP contribution is 2.07. The van der Waals surface area contributed by atoms with Crippen molar-refractivity contribution >= 4 is 15.6 Å². The van der Waals surface area contributed by atoms with Crippen LogP contribution in [0.4, 0.5) is 0 Å². The summed E-state index contributed by atoms with van der Waals surface area (Å²) in [6, 6.07) is -0.639. The van der Waals surface area contributed by atoms with Gasteiger partial charge in [0, 0.05) is 12.2 Å². The highest BCUT2D eigenvalue weighted by molar-refractivity contribution is 7.90. The summed E-state index contributed by atoms with van der Waals surface area (Å²) in [5, 5.41) is 0. The number of ketones is 1. The SMILES string of the molecule is CCC(C)C(=O)C(N)CCS(C)(=O)=O. The molecule has 0 aromatic heterocycles. The minimum absolute atomic E-state index is 0.0175. The number of hydrogen-bond donors (Lipinski definition) is 1. The Morgan fingerprint density at radius 3 is 2.29 bits per heavy atom. The average Bonchev–Trinajstić information content (AvgIpc) is 2.10. The topological polar surface area (TPSA) is 77.2 Å². The number of hydrogen-bond acceptors (Lipinski definition) is 4. The number of Topliss-reactive ketones (excluding diaryl/α,β-unsaturated/α-hetero) is 1. The number of carbonyl (C=O) groups excluding carboxylic acids is 1. The summed E-state index contributed by atoms with van der Waals surface area (Å²) in [7, 11) is -3.02. The standard InChI is InChI=1S/C9H19NO3S/c1-4-7(2)9(11)8(10)5-6-14(3,12)13/h7-8H,4-6,10H2,1-3H3. The van der Waals surface area contributed by atoms with Crippen molar-refractivity contribution in [3.05, 3.63) is 0 Å². The lowest BCUT2D eigenvalue weighted by atomic mass is 9.97. The molecule has 2 atom stereocenters. The van der Waals surface area contributed by atoms with Crippen molar-refractivity contribution < 1.29 is 13.2 Å². The molecule has 5 heteroatoms. The lowest BCUT2D eigenvalue weighted by molar-refractivity contribution is -0.123. The van der Waals surface area contributed by atoms with Gasteiger partial charge in [0.15, 0.2) is 5.78 Å². The normalized spacial score (nSPS) is 16.3. The van der Waals surface area contributed by atoms with Crippen molar-refractivity contribution in [2.45, 2.75) is 32.7 Å². The second kappa shape index (κ2) is 5.46. The third-order valence-electron chi connectivity index (χ3n) is 2.26. The first kappa shape index (κ1) is 13.6. The van der Waals surface area contributed by atoms with Crippen LogP contribution >= 0.6 is 0 Å². The third-order valence-corrected chi connectivity index (χ3v) is 3.24. The molecule has 4 nitrogen and oxygen atoms in total. The van der Waals surface area contributed by atoms with Gasteiger partial charge in [-0.25, -0.2) is 8.42 Å². The molecule has 2 N–H and O–H groups in total. The molecule has 0 spiro atoms. The summed E-state index contributed by atoms with van der Waals surface area (Å²) >= 11 is 0. The van der Waals surface area contributed by atoms with Crippen LogP contribution in [-0.4, -0.2) is 32.3 Å². The van der Waals surface area contributed by atoms with Crippen LogP contribution in [0, 0.1) is 5.92 Å². The maximum absolute atomic E-state index is 11.5. The molecule has 0 saturated heterocycles. The first-order valence-corrected chi connectivity index (χ1v) is 6.81. The van der Waals surface area contributed by atoms with Crippen LogP contribution in [0.1, 0.15) is 26.7 Å². The van der Waals surface area contributed by atoms with E-state index in [1.54, 1.807) is 0 Å². The third kappa shape index (κ3) is 5.34. The molecule has 0 radical (unpaired) electrons. The largest absolute Gasteiger partial charge is 0.321 e. The predicted molar refractivity (Wildman–Crippen MR) is 56.8 cm³/mol. The summed E-state index contributed by atoms with van der Waals surface area (Å²) in [6.07, 6.45) is 2.11. The zero-order chi connectivity index (χ0) is 11.4. The van der Waals surface area contributed by atoms with Gasteiger partial charge in [-0.05, 0) is 12.8 Å². The molecule has 84 valence electrons. The van der Waals surface area contributed by atoms with Gasteiger partial charge < -0.3 is 5.73 Å². The zero-order valence-electron chi connectivity index (χ0n) is 8.99. The van der Waals surface area contributed by atoms with E-state index in [4.69, 9.17) is 5.73 Å². The number of rotatable bonds is 6. The van der Waals surface area contributed by atoms with Crippen LogP contribution in [0.15, 0.2) is 0 Å². The highest BCUT2D eigenvalue weighted by Gasteiger charge is 2.20. The first-order valence-electron chi connectivity index (χ1n) is 4.75. The van der Waals surface area contributed by atoms with Gasteiger partial charge in [0.2, 0.25) is 0 Å². The van der Waals surface area contributed by atoms with Crippen LogP contribution < -0.4 is 5.73 Å². The van der Waals surface area contributed by atoms with E-state index in [-0.39, 0.29) is 23.9 Å². The molecule has 0 heterocycles. The molecular weight excluding hydrogens is 202 g/mol. The minimum Gasteiger partial charge on any atom is -0.321 e. The lowest BCUT2D eigenvalue weighted by Gasteiger charge is -2.13. The van der Waals surface area contributed by atoms with Crippen LogP contribution in [-0.2, 0) is 14.6 Å². The van der Waals surface area contributed by atoms with Gasteiger partial charge in [0.05, 0.1) is 11.8 Å². The molecule has 0 bridgehead atoms. The number of sulfone groups is 1. The van der Waals surface area contributed by atoms with E-state index in [0.29, 0.717) is 0 Å². The zero-order valence-corrected chi connectivity index (χ0v) is 9.80. The number of nitrogens with two attached hydrogens (primary N) is 1. The van der Waals surface area contributed by atoms with Crippen LogP contribution in [0.3, 0.4) is 0 Å². The molecule has 2 unspecified atom stereocenters. The molecular formula is C9H19NO3S. The van der Waals surface area contributed by atoms with Crippen molar-refractivity contribution in [3.8, 4) is 0 Å². The van der Waals surface area contributed by atoms with Crippen LogP contribution in [0.2, 0.25) is 0 Å². The molecule has 0 aliphatic heterocycles. The highest BCUT2D eigenvalue weighted by atomic mass is 32.2. The Kier molecular flexibility index (Phi) is 5.29. The molecule has 0 aliphatic rings. The Labute approximate surface area is 85.8 Å². The van der Waals surface area contributed by atoms with Gasteiger partial charge in [0.1, 0.15) is 9.84 Å². The first-order chi connectivity index (χ1) is 6.28. The van der Waals surface area contributed by atoms with Crippen molar-refractivity contribution in [2.75, 3.05) is 12.0 Å². The van der Waals surface area contributed by atoms with E-state index in [9.17, 15) is 13.2 Å². The molecule has 0 fully saturated rings. The van der Waals surface area contributed by atoms with E-state index in [1.807, 2.05) is 13.8 Å². The van der Waals surface area contributed by atoms with Crippen LogP contribution in [0.25, 0.3) is 0 Å². The molecule has 0 rings (SSSR count). The molecule has 0 aromatic rings. The average molecular weight is 221 g/mol. The molecule has 0 amide bonds. The van der Waals surface area contributed by atoms with Gasteiger partial charge >= 0.3 is 0 Å².